The van der Waals surface area contributed by atoms with Crippen LogP contribution in [0.3, 0.4) is 0 Å². The van der Waals surface area contributed by atoms with Gasteiger partial charge in [-0.3, -0.25) is 20.2 Å². The van der Waals surface area contributed by atoms with Crippen LogP contribution in [0.15, 0.2) is 71.3 Å². The molecule has 0 aliphatic heterocycles. The molecule has 10 nitrogen and oxygen atoms in total. The van der Waals surface area contributed by atoms with Crippen molar-refractivity contribution in [2.75, 3.05) is 22.1 Å². The van der Waals surface area contributed by atoms with Crippen LogP contribution >= 0.6 is 11.6 Å². The molecule has 27 heavy (non-hydrogen) atoms. The average Bonchev–Trinajstić information content (AvgIpc) is 2.62. The van der Waals surface area contributed by atoms with E-state index in [1.54, 1.807) is 48.5 Å². The van der Waals surface area contributed by atoms with Crippen LogP contribution in [0, 0.1) is 20.2 Å². The van der Waals surface area contributed by atoms with Crippen molar-refractivity contribution in [3.63, 3.8) is 0 Å². The fourth-order valence-corrected chi connectivity index (χ4v) is 2.07. The van der Waals surface area contributed by atoms with E-state index in [1.165, 1.54) is 0 Å². The van der Waals surface area contributed by atoms with Crippen LogP contribution in [0.2, 0.25) is 0 Å². The Morgan fingerprint density at radius 1 is 0.852 bits per heavy atom. The van der Waals surface area contributed by atoms with Gasteiger partial charge in [-0.2, -0.15) is 0 Å². The van der Waals surface area contributed by atoms with Gasteiger partial charge in [0.2, 0.25) is 0 Å². The van der Waals surface area contributed by atoms with Crippen LogP contribution in [-0.2, 0) is 0 Å². The summed E-state index contributed by atoms with van der Waals surface area (Å²) in [5, 5.41) is 27.0. The number of benzene rings is 2. The fourth-order valence-electron chi connectivity index (χ4n) is 1.96. The second kappa shape index (κ2) is 8.54. The molecule has 0 saturated carbocycles. The maximum absolute atomic E-state index is 11.5. The van der Waals surface area contributed by atoms with Crippen LogP contribution in [0.25, 0.3) is 0 Å². The monoisotopic (exact) mass is 390 g/mol. The first-order valence-electron chi connectivity index (χ1n) is 7.41. The molecule has 0 aliphatic carbocycles. The maximum atomic E-state index is 11.5. The van der Waals surface area contributed by atoms with Crippen LogP contribution in [-0.4, -0.2) is 9.85 Å². The molecule has 0 atom stereocenters. The SMILES string of the molecule is Nc1ccc(NC(Nc2ccc(N)cc2)=C(/C=C(\Cl)[N+](=O)[O-])[N+](=O)[O-])cc1. The van der Waals surface area contributed by atoms with Gasteiger partial charge in [-0.1, -0.05) is 0 Å². The van der Waals surface area contributed by atoms with E-state index >= 15 is 0 Å². The Bertz CT molecular complexity index is 860. The highest BCUT2D eigenvalue weighted by Gasteiger charge is 2.22. The molecular formula is C16H15ClN6O4. The summed E-state index contributed by atoms with van der Waals surface area (Å²) in [6.07, 6.45) is 0.644. The number of nitrogens with one attached hydrogen (secondary N) is 2. The molecule has 0 spiro atoms. The largest absolute Gasteiger partial charge is 0.399 e. The molecule has 0 bridgehead atoms. The predicted octanol–water partition coefficient (Wildman–Crippen LogP) is 3.18. The lowest BCUT2D eigenvalue weighted by atomic mass is 10.2. The molecule has 2 rings (SSSR count). The molecule has 0 aliphatic rings. The van der Waals surface area contributed by atoms with Crippen molar-refractivity contribution >= 4 is 34.4 Å². The van der Waals surface area contributed by atoms with Gasteiger partial charge in [0.1, 0.15) is 6.08 Å². The van der Waals surface area contributed by atoms with Crippen molar-refractivity contribution in [2.24, 2.45) is 0 Å². The van der Waals surface area contributed by atoms with Gasteiger partial charge in [0, 0.05) is 22.7 Å². The Labute approximate surface area is 158 Å². The Balaban J connectivity index is 2.51. The van der Waals surface area contributed by atoms with E-state index in [1.807, 2.05) is 0 Å². The van der Waals surface area contributed by atoms with Gasteiger partial charge in [-0.15, -0.1) is 0 Å². The second-order valence-electron chi connectivity index (χ2n) is 5.24. The third-order valence-corrected chi connectivity index (χ3v) is 3.49. The third kappa shape index (κ3) is 5.61. The van der Waals surface area contributed by atoms with Crippen molar-refractivity contribution in [2.45, 2.75) is 0 Å². The number of nitrogen functional groups attached to an aromatic ring is 2. The topological polar surface area (TPSA) is 162 Å². The molecule has 0 aromatic heterocycles. The quantitative estimate of drug-likeness (QED) is 0.184. The maximum Gasteiger partial charge on any atom is 0.344 e. The number of halogens is 1. The van der Waals surface area contributed by atoms with Crippen LogP contribution < -0.4 is 22.1 Å². The number of nitrogens with zero attached hydrogens (tertiary/aromatic N) is 2. The summed E-state index contributed by atoms with van der Waals surface area (Å²) in [5.41, 5.74) is 12.6. The summed E-state index contributed by atoms with van der Waals surface area (Å²) in [7, 11) is 0. The highest BCUT2D eigenvalue weighted by Crippen LogP contribution is 2.21. The average molecular weight is 391 g/mol. The molecule has 0 fully saturated rings. The van der Waals surface area contributed by atoms with E-state index in [0.717, 1.165) is 0 Å². The molecule has 2 aromatic carbocycles. The zero-order valence-electron chi connectivity index (χ0n) is 13.8. The number of allylic oxidation sites excluding steroid dienone is 1. The second-order valence-corrected chi connectivity index (χ2v) is 5.62. The first-order valence-corrected chi connectivity index (χ1v) is 7.79. The number of nitro groups is 2. The van der Waals surface area contributed by atoms with Crippen molar-refractivity contribution in [1.29, 1.82) is 0 Å². The standard InChI is InChI=1S/C16H15ClN6O4/c17-15(23(26)27)9-14(22(24)25)16(20-12-5-1-10(18)2-6-12)21-13-7-3-11(19)4-8-13/h1-9,20-21H,18-19H2/b15-9+. The highest BCUT2D eigenvalue weighted by atomic mass is 35.5. The molecule has 0 unspecified atom stereocenters. The number of rotatable bonds is 7. The molecule has 0 radical (unpaired) electrons. The minimum absolute atomic E-state index is 0.130. The summed E-state index contributed by atoms with van der Waals surface area (Å²) in [6.45, 7) is 0. The van der Waals surface area contributed by atoms with Gasteiger partial charge in [0.15, 0.2) is 5.82 Å². The highest BCUT2D eigenvalue weighted by molar-refractivity contribution is 6.28. The molecule has 2 aromatic rings. The van der Waals surface area contributed by atoms with Crippen LogP contribution in [0.4, 0.5) is 22.7 Å². The minimum atomic E-state index is -0.935. The van der Waals surface area contributed by atoms with E-state index in [-0.39, 0.29) is 5.82 Å². The molecular weight excluding hydrogens is 376 g/mol. The Morgan fingerprint density at radius 2 is 1.26 bits per heavy atom. The van der Waals surface area contributed by atoms with E-state index < -0.39 is 20.7 Å². The smallest absolute Gasteiger partial charge is 0.344 e. The summed E-state index contributed by atoms with van der Waals surface area (Å²) < 4.78 is 0. The number of anilines is 4. The first-order chi connectivity index (χ1) is 12.8. The fraction of sp³-hybridized carbons (Fsp3) is 0. The van der Waals surface area contributed by atoms with Crippen molar-refractivity contribution < 1.29 is 9.85 Å². The lowest BCUT2D eigenvalue weighted by molar-refractivity contribution is -0.428. The zero-order valence-corrected chi connectivity index (χ0v) is 14.5. The molecule has 140 valence electrons. The summed E-state index contributed by atoms with van der Waals surface area (Å²) in [6, 6.07) is 12.7. The molecule has 11 heteroatoms. The van der Waals surface area contributed by atoms with E-state index in [4.69, 9.17) is 23.1 Å². The lowest BCUT2D eigenvalue weighted by Gasteiger charge is -2.14. The van der Waals surface area contributed by atoms with Gasteiger partial charge < -0.3 is 22.1 Å². The Kier molecular flexibility index (Phi) is 6.18. The Morgan fingerprint density at radius 3 is 1.59 bits per heavy atom. The molecule has 0 saturated heterocycles. The molecule has 0 heterocycles. The van der Waals surface area contributed by atoms with Gasteiger partial charge in [0.05, 0.1) is 9.85 Å². The number of nitrogens with two attached hydrogens (primary N) is 2. The minimum Gasteiger partial charge on any atom is -0.399 e. The molecule has 0 amide bonds. The number of hydrogen-bond acceptors (Lipinski definition) is 8. The third-order valence-electron chi connectivity index (χ3n) is 3.24. The molecule has 6 N–H and O–H groups in total. The van der Waals surface area contributed by atoms with E-state index in [0.29, 0.717) is 28.8 Å². The summed E-state index contributed by atoms with van der Waals surface area (Å²) in [5.74, 6) is -0.130. The van der Waals surface area contributed by atoms with Crippen LogP contribution in [0.5, 0.6) is 0 Å². The number of hydrogen-bond donors (Lipinski definition) is 4. The van der Waals surface area contributed by atoms with Gasteiger partial charge in [0.25, 0.3) is 0 Å². The predicted molar refractivity (Wildman–Crippen MR) is 104 cm³/mol. The lowest BCUT2D eigenvalue weighted by Crippen LogP contribution is -2.16. The van der Waals surface area contributed by atoms with Gasteiger partial charge in [-0.25, -0.2) is 0 Å². The van der Waals surface area contributed by atoms with E-state index in [2.05, 4.69) is 10.6 Å². The van der Waals surface area contributed by atoms with Crippen LogP contribution in [0.1, 0.15) is 0 Å². The summed E-state index contributed by atoms with van der Waals surface area (Å²) >= 11 is 5.48. The Hall–Kier alpha value is -3.79. The van der Waals surface area contributed by atoms with Gasteiger partial charge >= 0.3 is 10.9 Å². The van der Waals surface area contributed by atoms with Crippen molar-refractivity contribution in [3.05, 3.63) is 91.5 Å². The normalized spacial score (nSPS) is 10.8. The van der Waals surface area contributed by atoms with Gasteiger partial charge in [-0.05, 0) is 60.1 Å². The zero-order chi connectivity index (χ0) is 20.0. The van der Waals surface area contributed by atoms with Crippen molar-refractivity contribution in [1.82, 2.24) is 0 Å². The first kappa shape index (κ1) is 19.5. The van der Waals surface area contributed by atoms with Crippen molar-refractivity contribution in [3.8, 4) is 0 Å². The van der Waals surface area contributed by atoms with E-state index in [9.17, 15) is 20.2 Å². The summed E-state index contributed by atoms with van der Waals surface area (Å²) in [4.78, 5) is 20.5.